The highest BCUT2D eigenvalue weighted by atomic mass is 32.1. The molecule has 1 aliphatic carbocycles. The summed E-state index contributed by atoms with van der Waals surface area (Å²) in [7, 11) is 0. The SMILES string of the molecule is CCCC1CCC(c2ccc(-c3ccc(N=C=S)cc3)cc2)CC1. The molecule has 0 bridgehead atoms. The molecule has 0 atom stereocenters. The molecule has 3 rings (SSSR count). The van der Waals surface area contributed by atoms with E-state index in [0.29, 0.717) is 0 Å². The Morgan fingerprint density at radius 2 is 1.50 bits per heavy atom. The third kappa shape index (κ3) is 4.20. The van der Waals surface area contributed by atoms with Gasteiger partial charge in [-0.1, -0.05) is 56.2 Å². The summed E-state index contributed by atoms with van der Waals surface area (Å²) in [6, 6.07) is 17.3. The Morgan fingerprint density at radius 1 is 0.917 bits per heavy atom. The molecule has 2 aromatic carbocycles. The number of benzene rings is 2. The number of thiocarbonyl (C=S) groups is 1. The standard InChI is InChI=1S/C22H25NS/c1-2-3-17-4-6-18(7-5-17)19-8-10-20(11-9-19)21-12-14-22(15-13-21)23-16-24/h8-15,17-18H,2-7H2,1H3. The van der Waals surface area contributed by atoms with E-state index in [-0.39, 0.29) is 0 Å². The van der Waals surface area contributed by atoms with Crippen molar-refractivity contribution in [3.63, 3.8) is 0 Å². The molecule has 0 radical (unpaired) electrons. The molecule has 0 saturated heterocycles. The highest BCUT2D eigenvalue weighted by molar-refractivity contribution is 7.78. The van der Waals surface area contributed by atoms with Crippen LogP contribution in [-0.4, -0.2) is 5.16 Å². The van der Waals surface area contributed by atoms with Crippen LogP contribution in [0.1, 0.15) is 56.9 Å². The van der Waals surface area contributed by atoms with Crippen LogP contribution in [0.5, 0.6) is 0 Å². The van der Waals surface area contributed by atoms with Gasteiger partial charge in [-0.3, -0.25) is 0 Å². The zero-order chi connectivity index (χ0) is 16.8. The predicted octanol–water partition coefficient (Wildman–Crippen LogP) is 7.16. The molecule has 2 heteroatoms. The molecule has 0 unspecified atom stereocenters. The molecule has 0 aromatic heterocycles. The highest BCUT2D eigenvalue weighted by Crippen LogP contribution is 2.38. The number of isothiocyanates is 1. The molecule has 0 spiro atoms. The molecule has 2 aromatic rings. The van der Waals surface area contributed by atoms with Gasteiger partial charge < -0.3 is 0 Å². The molecule has 1 aliphatic rings. The van der Waals surface area contributed by atoms with Crippen LogP contribution >= 0.6 is 12.2 Å². The lowest BCUT2D eigenvalue weighted by atomic mass is 9.77. The molecule has 24 heavy (non-hydrogen) atoms. The Hall–Kier alpha value is -1.76. The summed E-state index contributed by atoms with van der Waals surface area (Å²) in [5.74, 6) is 1.73. The Morgan fingerprint density at radius 3 is 2.04 bits per heavy atom. The minimum absolute atomic E-state index is 0.756. The molecule has 0 heterocycles. The zero-order valence-electron chi connectivity index (χ0n) is 14.4. The Kier molecular flexibility index (Phi) is 5.96. The molecule has 1 nitrogen and oxygen atoms in total. The summed E-state index contributed by atoms with van der Waals surface area (Å²) < 4.78 is 0. The molecule has 0 aliphatic heterocycles. The lowest BCUT2D eigenvalue weighted by molar-refractivity contribution is 0.308. The fourth-order valence-corrected chi connectivity index (χ4v) is 4.03. The third-order valence-electron chi connectivity index (χ3n) is 5.30. The lowest BCUT2D eigenvalue weighted by Gasteiger charge is -2.28. The average molecular weight is 336 g/mol. The van der Waals surface area contributed by atoms with Crippen LogP contribution in [0.15, 0.2) is 53.5 Å². The topological polar surface area (TPSA) is 12.4 Å². The van der Waals surface area contributed by atoms with Gasteiger partial charge in [0.1, 0.15) is 0 Å². The first-order valence-corrected chi connectivity index (χ1v) is 9.49. The van der Waals surface area contributed by atoms with Gasteiger partial charge in [0.15, 0.2) is 0 Å². The second-order valence-corrected chi connectivity index (χ2v) is 7.06. The summed E-state index contributed by atoms with van der Waals surface area (Å²) in [6.45, 7) is 2.30. The Bertz CT molecular complexity index is 688. The van der Waals surface area contributed by atoms with Crippen molar-refractivity contribution in [3.8, 4) is 11.1 Å². The first kappa shape index (κ1) is 17.1. The van der Waals surface area contributed by atoms with Gasteiger partial charge in [-0.2, -0.15) is 4.99 Å². The van der Waals surface area contributed by atoms with E-state index in [1.807, 2.05) is 12.1 Å². The van der Waals surface area contributed by atoms with Crippen LogP contribution in [0.4, 0.5) is 5.69 Å². The van der Waals surface area contributed by atoms with Gasteiger partial charge in [-0.25, -0.2) is 0 Å². The molecule has 1 saturated carbocycles. The van der Waals surface area contributed by atoms with E-state index in [1.54, 1.807) is 0 Å². The van der Waals surface area contributed by atoms with E-state index < -0.39 is 0 Å². The second kappa shape index (κ2) is 8.37. The van der Waals surface area contributed by atoms with Crippen molar-refractivity contribution in [2.24, 2.45) is 10.9 Å². The summed E-state index contributed by atoms with van der Waals surface area (Å²) in [4.78, 5) is 4.00. The fourth-order valence-electron chi connectivity index (χ4n) is 3.92. The van der Waals surface area contributed by atoms with Gasteiger partial charge >= 0.3 is 0 Å². The van der Waals surface area contributed by atoms with E-state index in [4.69, 9.17) is 0 Å². The van der Waals surface area contributed by atoms with Gasteiger partial charge in [0, 0.05) is 0 Å². The minimum atomic E-state index is 0.756. The quantitative estimate of drug-likeness (QED) is 0.417. The van der Waals surface area contributed by atoms with Crippen LogP contribution in [0, 0.1) is 5.92 Å². The monoisotopic (exact) mass is 335 g/mol. The Labute approximate surface area is 150 Å². The van der Waals surface area contributed by atoms with E-state index in [0.717, 1.165) is 17.5 Å². The van der Waals surface area contributed by atoms with Crippen molar-refractivity contribution >= 4 is 23.1 Å². The lowest BCUT2D eigenvalue weighted by Crippen LogP contribution is -2.13. The van der Waals surface area contributed by atoms with Crippen LogP contribution in [0.25, 0.3) is 11.1 Å². The molecular formula is C22H25NS. The second-order valence-electron chi connectivity index (χ2n) is 6.88. The first-order valence-electron chi connectivity index (χ1n) is 9.08. The number of nitrogens with zero attached hydrogens (tertiary/aromatic N) is 1. The normalized spacial score (nSPS) is 20.4. The van der Waals surface area contributed by atoms with Crippen molar-refractivity contribution in [3.05, 3.63) is 54.1 Å². The minimum Gasteiger partial charge on any atom is -0.195 e. The first-order chi connectivity index (χ1) is 11.8. The van der Waals surface area contributed by atoms with Crippen molar-refractivity contribution in [2.75, 3.05) is 0 Å². The molecule has 0 N–H and O–H groups in total. The summed E-state index contributed by atoms with van der Waals surface area (Å²) in [6.07, 6.45) is 8.26. The predicted molar refractivity (Wildman–Crippen MR) is 106 cm³/mol. The fraction of sp³-hybridized carbons (Fsp3) is 0.409. The van der Waals surface area contributed by atoms with Crippen LogP contribution < -0.4 is 0 Å². The Balaban J connectivity index is 1.66. The van der Waals surface area contributed by atoms with Crippen LogP contribution in [0.2, 0.25) is 0 Å². The number of hydrogen-bond donors (Lipinski definition) is 0. The molecule has 0 amide bonds. The van der Waals surface area contributed by atoms with Crippen molar-refractivity contribution in [2.45, 2.75) is 51.4 Å². The van der Waals surface area contributed by atoms with Crippen molar-refractivity contribution in [1.29, 1.82) is 0 Å². The van der Waals surface area contributed by atoms with E-state index in [1.165, 1.54) is 55.2 Å². The summed E-state index contributed by atoms with van der Waals surface area (Å²) in [5, 5.41) is 2.41. The van der Waals surface area contributed by atoms with Gasteiger partial charge in [-0.05, 0) is 78.6 Å². The maximum absolute atomic E-state index is 4.64. The largest absolute Gasteiger partial charge is 0.195 e. The molecule has 124 valence electrons. The number of aliphatic imine (C=N–C) groups is 1. The van der Waals surface area contributed by atoms with Crippen molar-refractivity contribution < 1.29 is 0 Å². The third-order valence-corrected chi connectivity index (χ3v) is 5.39. The van der Waals surface area contributed by atoms with Gasteiger partial charge in [0.2, 0.25) is 0 Å². The molecule has 1 fully saturated rings. The number of rotatable bonds is 5. The number of hydrogen-bond acceptors (Lipinski definition) is 2. The zero-order valence-corrected chi connectivity index (χ0v) is 15.2. The summed E-state index contributed by atoms with van der Waals surface area (Å²) in [5.41, 5.74) is 4.85. The van der Waals surface area contributed by atoms with Crippen molar-refractivity contribution in [1.82, 2.24) is 0 Å². The van der Waals surface area contributed by atoms with E-state index >= 15 is 0 Å². The van der Waals surface area contributed by atoms with Crippen LogP contribution in [0.3, 0.4) is 0 Å². The molecular weight excluding hydrogens is 310 g/mol. The highest BCUT2D eigenvalue weighted by Gasteiger charge is 2.21. The van der Waals surface area contributed by atoms with Crippen LogP contribution in [-0.2, 0) is 0 Å². The van der Waals surface area contributed by atoms with Gasteiger partial charge in [0.25, 0.3) is 0 Å². The summed E-state index contributed by atoms with van der Waals surface area (Å²) >= 11 is 4.64. The maximum Gasteiger partial charge on any atom is 0.0739 e. The smallest absolute Gasteiger partial charge is 0.0739 e. The van der Waals surface area contributed by atoms with E-state index in [2.05, 4.69) is 65.7 Å². The van der Waals surface area contributed by atoms with E-state index in [9.17, 15) is 0 Å². The van der Waals surface area contributed by atoms with Gasteiger partial charge in [0.05, 0.1) is 10.8 Å². The average Bonchev–Trinajstić information content (AvgIpc) is 2.64. The maximum atomic E-state index is 4.64. The van der Waals surface area contributed by atoms with Gasteiger partial charge in [-0.15, -0.1) is 0 Å².